The van der Waals surface area contributed by atoms with Crippen LogP contribution in [0.2, 0.25) is 0 Å². The normalized spacial score (nSPS) is 33.8. The molecule has 0 bridgehead atoms. The molecule has 0 saturated heterocycles. The summed E-state index contributed by atoms with van der Waals surface area (Å²) >= 11 is 0. The van der Waals surface area contributed by atoms with Gasteiger partial charge in [0, 0.05) is 5.41 Å². The molecule has 0 unspecified atom stereocenters. The first-order chi connectivity index (χ1) is 5.31. The summed E-state index contributed by atoms with van der Waals surface area (Å²) in [7, 11) is 0. The quantitative estimate of drug-likeness (QED) is 0.606. The molecule has 12 heavy (non-hydrogen) atoms. The number of carbonyl (C=O) groups excluding carboxylic acids is 1. The van der Waals surface area contributed by atoms with Crippen molar-refractivity contribution in [2.75, 3.05) is 0 Å². The van der Waals surface area contributed by atoms with Gasteiger partial charge in [0.05, 0.1) is 0 Å². The van der Waals surface area contributed by atoms with Gasteiger partial charge in [0.25, 0.3) is 0 Å². The molecule has 68 valence electrons. The first kappa shape index (κ1) is 9.23. The van der Waals surface area contributed by atoms with Crippen molar-refractivity contribution in [1.29, 1.82) is 0 Å². The molecule has 0 amide bonds. The largest absolute Gasteiger partial charge is 0.481 e. The van der Waals surface area contributed by atoms with Crippen molar-refractivity contribution >= 4 is 11.8 Å². The predicted molar refractivity (Wildman–Crippen MR) is 43.8 cm³/mol. The fraction of sp³-hybridized carbons (Fsp3) is 0.778. The zero-order chi connectivity index (χ0) is 9.57. The smallest absolute Gasteiger partial charge is 0.316 e. The summed E-state index contributed by atoms with van der Waals surface area (Å²) in [5.74, 6) is -1.12. The Morgan fingerprint density at radius 1 is 1.33 bits per heavy atom. The Hall–Kier alpha value is -0.860. The van der Waals surface area contributed by atoms with Crippen molar-refractivity contribution in [2.24, 2.45) is 10.8 Å². The SMILES string of the molecule is CC1(C)CC[C@](C)(C(=O)O)C1=O. The number of Topliss-reactive ketones (excluding diaryl/α,β-unsaturated/α-hetero) is 1. The first-order valence-electron chi connectivity index (χ1n) is 4.09. The molecule has 1 rings (SSSR count). The molecule has 0 heterocycles. The molecule has 1 aliphatic rings. The van der Waals surface area contributed by atoms with Crippen molar-refractivity contribution in [3.05, 3.63) is 0 Å². The molecule has 0 spiro atoms. The van der Waals surface area contributed by atoms with Crippen LogP contribution in [0.1, 0.15) is 33.6 Å². The summed E-state index contributed by atoms with van der Waals surface area (Å²) in [5.41, 5.74) is -1.59. The standard InChI is InChI=1S/C9H14O3/c1-8(2)4-5-9(3,6(8)10)7(11)12/h4-5H2,1-3H3,(H,11,12)/t9-/m0/s1. The van der Waals surface area contributed by atoms with E-state index in [1.807, 2.05) is 13.8 Å². The van der Waals surface area contributed by atoms with E-state index in [0.29, 0.717) is 12.8 Å². The van der Waals surface area contributed by atoms with Gasteiger partial charge in [0.1, 0.15) is 5.41 Å². The third-order valence-electron chi connectivity index (χ3n) is 2.84. The third-order valence-corrected chi connectivity index (χ3v) is 2.84. The third kappa shape index (κ3) is 1.04. The van der Waals surface area contributed by atoms with Gasteiger partial charge >= 0.3 is 5.97 Å². The number of hydrogen-bond donors (Lipinski definition) is 1. The molecular weight excluding hydrogens is 156 g/mol. The van der Waals surface area contributed by atoms with Gasteiger partial charge in [-0.3, -0.25) is 9.59 Å². The Kier molecular flexibility index (Phi) is 1.78. The van der Waals surface area contributed by atoms with Crippen LogP contribution in [0, 0.1) is 10.8 Å². The minimum absolute atomic E-state index is 0.137. The Balaban J connectivity index is 3.01. The highest BCUT2D eigenvalue weighted by atomic mass is 16.4. The van der Waals surface area contributed by atoms with E-state index in [1.54, 1.807) is 0 Å². The number of ketones is 1. The van der Waals surface area contributed by atoms with Crippen molar-refractivity contribution in [2.45, 2.75) is 33.6 Å². The number of aliphatic carboxylic acids is 1. The molecule has 1 aliphatic carbocycles. The maximum absolute atomic E-state index is 11.6. The number of rotatable bonds is 1. The molecular formula is C9H14O3. The monoisotopic (exact) mass is 170 g/mol. The Bertz CT molecular complexity index is 242. The summed E-state index contributed by atoms with van der Waals surface area (Å²) in [6.07, 6.45) is 1.14. The van der Waals surface area contributed by atoms with Crippen molar-refractivity contribution < 1.29 is 14.7 Å². The maximum Gasteiger partial charge on any atom is 0.316 e. The van der Waals surface area contributed by atoms with Gasteiger partial charge in [0.15, 0.2) is 5.78 Å². The summed E-state index contributed by atoms with van der Waals surface area (Å²) < 4.78 is 0. The second kappa shape index (κ2) is 2.31. The van der Waals surface area contributed by atoms with E-state index in [4.69, 9.17) is 5.11 Å². The van der Waals surface area contributed by atoms with Gasteiger partial charge in [0.2, 0.25) is 0 Å². The highest BCUT2D eigenvalue weighted by molar-refractivity contribution is 6.06. The molecule has 0 aliphatic heterocycles. The summed E-state index contributed by atoms with van der Waals surface area (Å²) in [5, 5.41) is 8.85. The van der Waals surface area contributed by atoms with Gasteiger partial charge in [-0.05, 0) is 19.8 Å². The molecule has 0 aromatic carbocycles. The molecule has 3 heteroatoms. The molecule has 0 radical (unpaired) electrons. The van der Waals surface area contributed by atoms with E-state index in [2.05, 4.69) is 0 Å². The number of carbonyl (C=O) groups is 2. The number of carboxylic acid groups (broad SMARTS) is 1. The molecule has 3 nitrogen and oxygen atoms in total. The molecule has 0 aromatic heterocycles. The van der Waals surface area contributed by atoms with Crippen molar-refractivity contribution in [3.8, 4) is 0 Å². The van der Waals surface area contributed by atoms with E-state index in [-0.39, 0.29) is 5.78 Å². The van der Waals surface area contributed by atoms with Crippen molar-refractivity contribution in [3.63, 3.8) is 0 Å². The van der Waals surface area contributed by atoms with Crippen LogP contribution in [0.5, 0.6) is 0 Å². The van der Waals surface area contributed by atoms with Crippen LogP contribution in [0.25, 0.3) is 0 Å². The average Bonchev–Trinajstić information content (AvgIpc) is 2.15. The van der Waals surface area contributed by atoms with Gasteiger partial charge < -0.3 is 5.11 Å². The Morgan fingerprint density at radius 3 is 2.00 bits per heavy atom. The van der Waals surface area contributed by atoms with Gasteiger partial charge in [-0.15, -0.1) is 0 Å². The second-order valence-electron chi connectivity index (χ2n) is 4.35. The fourth-order valence-corrected chi connectivity index (χ4v) is 1.74. The lowest BCUT2D eigenvalue weighted by molar-refractivity contribution is -0.153. The molecule has 1 N–H and O–H groups in total. The number of carboxylic acids is 1. The summed E-state index contributed by atoms with van der Waals surface area (Å²) in [6.45, 7) is 5.14. The average molecular weight is 170 g/mol. The summed E-state index contributed by atoms with van der Waals surface area (Å²) in [6, 6.07) is 0. The molecule has 0 aromatic rings. The lowest BCUT2D eigenvalue weighted by atomic mass is 9.81. The first-order valence-corrected chi connectivity index (χ1v) is 4.09. The minimum atomic E-state index is -1.14. The predicted octanol–water partition coefficient (Wildman–Crippen LogP) is 1.47. The lowest BCUT2D eigenvalue weighted by Crippen LogP contribution is -2.36. The van der Waals surface area contributed by atoms with Crippen LogP contribution in [-0.2, 0) is 9.59 Å². The van der Waals surface area contributed by atoms with Gasteiger partial charge in [-0.2, -0.15) is 0 Å². The van der Waals surface area contributed by atoms with E-state index in [1.165, 1.54) is 6.92 Å². The molecule has 1 saturated carbocycles. The number of hydrogen-bond acceptors (Lipinski definition) is 2. The topological polar surface area (TPSA) is 54.4 Å². The molecule has 1 fully saturated rings. The van der Waals surface area contributed by atoms with Crippen LogP contribution >= 0.6 is 0 Å². The van der Waals surface area contributed by atoms with Crippen LogP contribution in [0.3, 0.4) is 0 Å². The fourth-order valence-electron chi connectivity index (χ4n) is 1.74. The van der Waals surface area contributed by atoms with E-state index >= 15 is 0 Å². The van der Waals surface area contributed by atoms with E-state index in [9.17, 15) is 9.59 Å². The van der Waals surface area contributed by atoms with E-state index in [0.717, 1.165) is 0 Å². The van der Waals surface area contributed by atoms with Crippen LogP contribution in [-0.4, -0.2) is 16.9 Å². The Morgan fingerprint density at radius 2 is 1.83 bits per heavy atom. The highest BCUT2D eigenvalue weighted by Gasteiger charge is 2.53. The lowest BCUT2D eigenvalue weighted by Gasteiger charge is -2.20. The zero-order valence-electron chi connectivity index (χ0n) is 7.68. The molecule has 1 atom stereocenters. The second-order valence-corrected chi connectivity index (χ2v) is 4.35. The Labute approximate surface area is 71.8 Å². The van der Waals surface area contributed by atoms with E-state index < -0.39 is 16.8 Å². The van der Waals surface area contributed by atoms with Crippen LogP contribution in [0.15, 0.2) is 0 Å². The maximum atomic E-state index is 11.6. The minimum Gasteiger partial charge on any atom is -0.481 e. The summed E-state index contributed by atoms with van der Waals surface area (Å²) in [4.78, 5) is 22.4. The zero-order valence-corrected chi connectivity index (χ0v) is 7.68. The van der Waals surface area contributed by atoms with Crippen LogP contribution < -0.4 is 0 Å². The van der Waals surface area contributed by atoms with Gasteiger partial charge in [-0.25, -0.2) is 0 Å². The van der Waals surface area contributed by atoms with Crippen molar-refractivity contribution in [1.82, 2.24) is 0 Å². The highest BCUT2D eigenvalue weighted by Crippen LogP contribution is 2.45. The van der Waals surface area contributed by atoms with Gasteiger partial charge in [-0.1, -0.05) is 13.8 Å². The van der Waals surface area contributed by atoms with Crippen LogP contribution in [0.4, 0.5) is 0 Å².